The van der Waals surface area contributed by atoms with Crippen LogP contribution >= 0.6 is 11.3 Å². The fourth-order valence-electron chi connectivity index (χ4n) is 4.88. The Morgan fingerprint density at radius 3 is 2.49 bits per heavy atom. The van der Waals surface area contributed by atoms with Gasteiger partial charge in [0.1, 0.15) is 10.9 Å². The minimum Gasteiger partial charge on any atom is -0.481 e. The summed E-state index contributed by atoms with van der Waals surface area (Å²) in [7, 11) is -5.21. The third kappa shape index (κ3) is 7.49. The molecule has 2 aromatic heterocycles. The largest absolute Gasteiger partial charge is 0.481 e. The molecular weight excluding hydrogens is 652 g/mol. The van der Waals surface area contributed by atoms with E-state index in [4.69, 9.17) is 4.52 Å². The topological polar surface area (TPSA) is 139 Å². The Balaban J connectivity index is 1.82. The summed E-state index contributed by atoms with van der Waals surface area (Å²) < 4.78 is 117. The maximum atomic E-state index is 15.7. The maximum Gasteiger partial charge on any atom is 0.404 e. The van der Waals surface area contributed by atoms with Gasteiger partial charge in [-0.3, -0.25) is 9.69 Å². The number of halogens is 6. The van der Waals surface area contributed by atoms with Crippen LogP contribution in [0.15, 0.2) is 21.6 Å². The maximum absolute atomic E-state index is 15.7. The van der Waals surface area contributed by atoms with Gasteiger partial charge in [-0.2, -0.15) is 22.9 Å². The van der Waals surface area contributed by atoms with Crippen LogP contribution in [0.4, 0.5) is 26.3 Å². The Morgan fingerprint density at radius 1 is 1.24 bits per heavy atom. The summed E-state index contributed by atoms with van der Waals surface area (Å²) in [4.78, 5) is 21.0. The van der Waals surface area contributed by atoms with E-state index in [1.165, 1.54) is 18.6 Å². The number of aromatic nitrogens is 3. The highest BCUT2D eigenvalue weighted by atomic mass is 32.2. The van der Waals surface area contributed by atoms with E-state index in [-0.39, 0.29) is 46.3 Å². The number of carbonyl (C=O) groups is 1. The predicted octanol–water partition coefficient (Wildman–Crippen LogP) is 6.19. The molecule has 4 rings (SSSR count). The van der Waals surface area contributed by atoms with Crippen molar-refractivity contribution in [2.45, 2.75) is 89.5 Å². The van der Waals surface area contributed by atoms with E-state index in [0.717, 1.165) is 37.2 Å². The van der Waals surface area contributed by atoms with Gasteiger partial charge in [0, 0.05) is 24.6 Å². The second-order valence-electron chi connectivity index (χ2n) is 11.4. The standard InChI is InChI=1S/C27H31F6N5O5S2/c1-5-17(27(31,32)33)37-45(41,42)16-9-8-14(19(20(16)28)22(29)30)21-15(12-38-10-6-7-13(38)2)34-24(44-21)23-35-18(43-36-23)11-26(3,4)25(39)40/h8-9,13,17,22,37H,5-7,10-12H2,1-4H3,(H,39,40). The Kier molecular flexibility index (Phi) is 10.0. The molecule has 3 aromatic rings. The number of likely N-dealkylation sites (tertiary alicyclic amines) is 1. The number of nitrogens with zero attached hydrogens (tertiary/aromatic N) is 4. The molecule has 2 unspecified atom stereocenters. The molecule has 0 spiro atoms. The summed E-state index contributed by atoms with van der Waals surface area (Å²) >= 11 is 0.806. The molecule has 45 heavy (non-hydrogen) atoms. The zero-order valence-corrected chi connectivity index (χ0v) is 26.2. The van der Waals surface area contributed by atoms with Gasteiger partial charge in [-0.25, -0.2) is 26.6 Å². The number of benzene rings is 1. The molecule has 1 aliphatic rings. The second kappa shape index (κ2) is 13.0. The number of carboxylic acids is 1. The predicted molar refractivity (Wildman–Crippen MR) is 150 cm³/mol. The first-order valence-electron chi connectivity index (χ1n) is 13.9. The molecule has 0 amide bonds. The highest BCUT2D eigenvalue weighted by Crippen LogP contribution is 2.43. The van der Waals surface area contributed by atoms with E-state index in [2.05, 4.69) is 15.1 Å². The molecule has 248 valence electrons. The summed E-state index contributed by atoms with van der Waals surface area (Å²) in [5, 5.41) is 13.4. The molecule has 18 heteroatoms. The number of hydrogen-bond donors (Lipinski definition) is 2. The van der Waals surface area contributed by atoms with Gasteiger partial charge >= 0.3 is 12.1 Å². The zero-order valence-electron chi connectivity index (χ0n) is 24.6. The van der Waals surface area contributed by atoms with E-state index in [9.17, 15) is 40.3 Å². The van der Waals surface area contributed by atoms with Crippen LogP contribution in [-0.2, 0) is 27.8 Å². The molecule has 1 aromatic carbocycles. The van der Waals surface area contributed by atoms with Crippen LogP contribution in [0.1, 0.15) is 70.5 Å². The Morgan fingerprint density at radius 2 is 1.93 bits per heavy atom. The SMILES string of the molecule is CCC(NS(=O)(=O)c1ccc(-c2sc(-c3noc(CC(C)(C)C(=O)O)n3)nc2CN2CCCC2C)c(C(F)F)c1F)C(F)(F)F. The van der Waals surface area contributed by atoms with Crippen molar-refractivity contribution in [2.75, 3.05) is 6.54 Å². The lowest BCUT2D eigenvalue weighted by atomic mass is 9.90. The van der Waals surface area contributed by atoms with Crippen molar-refractivity contribution in [3.05, 3.63) is 35.1 Å². The van der Waals surface area contributed by atoms with Gasteiger partial charge in [0.2, 0.25) is 21.7 Å². The van der Waals surface area contributed by atoms with Crippen LogP contribution in [0.5, 0.6) is 0 Å². The molecule has 3 heterocycles. The van der Waals surface area contributed by atoms with Crippen molar-refractivity contribution in [1.82, 2.24) is 24.7 Å². The summed E-state index contributed by atoms with van der Waals surface area (Å²) in [5.74, 6) is -3.08. The number of alkyl halides is 5. The molecule has 1 aliphatic heterocycles. The number of rotatable bonds is 12. The monoisotopic (exact) mass is 683 g/mol. The third-order valence-electron chi connectivity index (χ3n) is 7.57. The Labute approximate surface area is 258 Å². The number of hydrogen-bond acceptors (Lipinski definition) is 9. The summed E-state index contributed by atoms with van der Waals surface area (Å²) in [6.07, 6.45) is -7.65. The van der Waals surface area contributed by atoms with Crippen LogP contribution in [0.3, 0.4) is 0 Å². The number of aliphatic carboxylic acids is 1. The van der Waals surface area contributed by atoms with Crippen molar-refractivity contribution in [3.8, 4) is 21.3 Å². The zero-order chi connectivity index (χ0) is 33.5. The molecular formula is C27H31F6N5O5S2. The molecule has 0 saturated carbocycles. The van der Waals surface area contributed by atoms with Gasteiger partial charge in [0.15, 0.2) is 10.8 Å². The van der Waals surface area contributed by atoms with Crippen LogP contribution in [0.2, 0.25) is 0 Å². The molecule has 0 radical (unpaired) electrons. The summed E-state index contributed by atoms with van der Waals surface area (Å²) in [6.45, 7) is 6.77. The molecule has 10 nitrogen and oxygen atoms in total. The van der Waals surface area contributed by atoms with E-state index in [0.29, 0.717) is 12.6 Å². The summed E-state index contributed by atoms with van der Waals surface area (Å²) in [5.41, 5.74) is -2.72. The Bertz CT molecular complexity index is 1660. The van der Waals surface area contributed by atoms with Crippen molar-refractivity contribution in [1.29, 1.82) is 0 Å². The number of nitrogens with one attached hydrogen (secondary N) is 1. The van der Waals surface area contributed by atoms with Gasteiger partial charge < -0.3 is 9.63 Å². The van der Waals surface area contributed by atoms with Gasteiger partial charge in [-0.05, 0) is 52.6 Å². The average molecular weight is 684 g/mol. The van der Waals surface area contributed by atoms with Crippen molar-refractivity contribution < 1.29 is 49.2 Å². The fraction of sp³-hybridized carbons (Fsp3) is 0.556. The molecule has 1 fully saturated rings. The Hall–Kier alpha value is -3.09. The van der Waals surface area contributed by atoms with Gasteiger partial charge in [-0.1, -0.05) is 18.1 Å². The lowest BCUT2D eigenvalue weighted by molar-refractivity contribution is -0.151. The van der Waals surface area contributed by atoms with Crippen LogP contribution in [-0.4, -0.2) is 64.3 Å². The van der Waals surface area contributed by atoms with E-state index < -0.39 is 68.3 Å². The van der Waals surface area contributed by atoms with E-state index in [1.54, 1.807) is 0 Å². The first-order valence-corrected chi connectivity index (χ1v) is 16.2. The van der Waals surface area contributed by atoms with Crippen molar-refractivity contribution >= 4 is 27.3 Å². The molecule has 0 bridgehead atoms. The smallest absolute Gasteiger partial charge is 0.404 e. The first kappa shape index (κ1) is 34.8. The van der Waals surface area contributed by atoms with Gasteiger partial charge in [-0.15, -0.1) is 11.3 Å². The van der Waals surface area contributed by atoms with Gasteiger partial charge in [0.05, 0.1) is 21.5 Å². The van der Waals surface area contributed by atoms with Gasteiger partial charge in [0.25, 0.3) is 6.43 Å². The van der Waals surface area contributed by atoms with Crippen molar-refractivity contribution in [3.63, 3.8) is 0 Å². The van der Waals surface area contributed by atoms with Crippen LogP contribution < -0.4 is 4.72 Å². The summed E-state index contributed by atoms with van der Waals surface area (Å²) in [6, 6.07) is -0.887. The second-order valence-corrected chi connectivity index (χ2v) is 14.1. The lowest BCUT2D eigenvalue weighted by Gasteiger charge is -2.22. The third-order valence-corrected chi connectivity index (χ3v) is 10.2. The quantitative estimate of drug-likeness (QED) is 0.214. The molecule has 2 N–H and O–H groups in total. The highest BCUT2D eigenvalue weighted by molar-refractivity contribution is 7.89. The molecule has 0 aliphatic carbocycles. The first-order chi connectivity index (χ1) is 20.9. The van der Waals surface area contributed by atoms with Crippen LogP contribution in [0, 0.1) is 11.2 Å². The fourth-order valence-corrected chi connectivity index (χ4v) is 7.31. The van der Waals surface area contributed by atoms with E-state index in [1.807, 2.05) is 11.8 Å². The minimum absolute atomic E-state index is 0.0190. The molecule has 1 saturated heterocycles. The minimum atomic E-state index is -5.21. The highest BCUT2D eigenvalue weighted by Gasteiger charge is 2.42. The van der Waals surface area contributed by atoms with Crippen LogP contribution in [0.25, 0.3) is 21.3 Å². The number of thiazole rings is 1. The number of sulfonamides is 1. The van der Waals surface area contributed by atoms with Crippen molar-refractivity contribution in [2.24, 2.45) is 5.41 Å². The normalized spacial score (nSPS) is 17.4. The molecule has 2 atom stereocenters. The lowest BCUT2D eigenvalue weighted by Crippen LogP contribution is -2.45. The average Bonchev–Trinajstić information content (AvgIpc) is 3.66. The number of carboxylic acid groups (broad SMARTS) is 1. The van der Waals surface area contributed by atoms with E-state index >= 15 is 4.39 Å².